The summed E-state index contributed by atoms with van der Waals surface area (Å²) >= 11 is 0. The molecule has 1 fully saturated rings. The Balaban J connectivity index is 1.60. The number of hydrogen-bond acceptors (Lipinski definition) is 6. The van der Waals surface area contributed by atoms with Gasteiger partial charge in [-0.1, -0.05) is 0 Å². The first-order valence-corrected chi connectivity index (χ1v) is 11.2. The highest BCUT2D eigenvalue weighted by Gasteiger charge is 2.26. The lowest BCUT2D eigenvalue weighted by atomic mass is 9.84. The van der Waals surface area contributed by atoms with E-state index in [9.17, 15) is 10.0 Å². The number of rotatable bonds is 7. The third kappa shape index (κ3) is 4.70. The van der Waals surface area contributed by atoms with Gasteiger partial charge in [-0.3, -0.25) is 14.7 Å². The Bertz CT molecular complexity index is 1190. The summed E-state index contributed by atoms with van der Waals surface area (Å²) in [6, 6.07) is 10.9. The third-order valence-electron chi connectivity index (χ3n) is 6.11. The number of nitrogens with one attached hydrogen (secondary N) is 1. The zero-order valence-corrected chi connectivity index (χ0v) is 18.8. The van der Waals surface area contributed by atoms with Gasteiger partial charge >= 0.3 is 17.5 Å². The first-order chi connectivity index (χ1) is 16.0. The molecular weight excluding hydrogens is 422 g/mol. The van der Waals surface area contributed by atoms with E-state index < -0.39 is 5.91 Å². The van der Waals surface area contributed by atoms with Gasteiger partial charge in [-0.05, 0) is 50.7 Å². The molecule has 0 aliphatic heterocycles. The van der Waals surface area contributed by atoms with Crippen LogP contribution in [0, 0.1) is 17.2 Å². The van der Waals surface area contributed by atoms with Gasteiger partial charge in [0.1, 0.15) is 5.75 Å². The minimum absolute atomic E-state index is 0.0294. The van der Waals surface area contributed by atoms with Crippen molar-refractivity contribution in [1.29, 1.82) is 5.26 Å². The average Bonchev–Trinajstić information content (AvgIpc) is 3.23. The Morgan fingerprint density at radius 2 is 2.12 bits per heavy atom. The highest BCUT2D eigenvalue weighted by Crippen LogP contribution is 2.36. The molecule has 4 rings (SSSR count). The van der Waals surface area contributed by atoms with Crippen molar-refractivity contribution in [1.82, 2.24) is 9.78 Å². The number of methoxy groups -OCH3 is 1. The number of ether oxygens (including phenoxy) is 2. The summed E-state index contributed by atoms with van der Waals surface area (Å²) in [6.45, 7) is 2.30. The van der Waals surface area contributed by atoms with Crippen LogP contribution in [0.15, 0.2) is 36.5 Å². The van der Waals surface area contributed by atoms with Gasteiger partial charge in [0.05, 0.1) is 47.8 Å². The van der Waals surface area contributed by atoms with Crippen LogP contribution in [0.4, 0.5) is 5.69 Å². The Morgan fingerprint density at radius 1 is 1.33 bits per heavy atom. The van der Waals surface area contributed by atoms with Gasteiger partial charge in [0.25, 0.3) is 0 Å². The number of anilines is 1. The van der Waals surface area contributed by atoms with E-state index in [2.05, 4.69) is 11.4 Å². The van der Waals surface area contributed by atoms with E-state index in [4.69, 9.17) is 19.8 Å². The maximum atomic E-state index is 12.9. The van der Waals surface area contributed by atoms with E-state index in [1.54, 1.807) is 12.1 Å². The molecule has 0 radical (unpaired) electrons. The number of carbonyl (C=O) groups excluding carboxylic acids is 1. The SMILES string of the molecule is CCOc1cc2nn(C3CCC(CC#N)CC3)cc2cc1NC(=O)c1cccc(OC)[n+]1O. The summed E-state index contributed by atoms with van der Waals surface area (Å²) < 4.78 is 13.5. The van der Waals surface area contributed by atoms with Crippen molar-refractivity contribution in [2.75, 3.05) is 19.0 Å². The van der Waals surface area contributed by atoms with Crippen molar-refractivity contribution >= 4 is 22.5 Å². The zero-order valence-electron chi connectivity index (χ0n) is 18.8. The van der Waals surface area contributed by atoms with Crippen LogP contribution in [-0.4, -0.2) is 34.6 Å². The lowest BCUT2D eigenvalue weighted by molar-refractivity contribution is -0.907. The number of amides is 1. The molecule has 1 aliphatic carbocycles. The summed E-state index contributed by atoms with van der Waals surface area (Å²) in [7, 11) is 1.42. The summed E-state index contributed by atoms with van der Waals surface area (Å²) in [5, 5.41) is 27.7. The van der Waals surface area contributed by atoms with Gasteiger partial charge in [-0.25, -0.2) is 0 Å². The number of benzene rings is 1. The van der Waals surface area contributed by atoms with E-state index >= 15 is 0 Å². The van der Waals surface area contributed by atoms with Gasteiger partial charge in [0.2, 0.25) is 0 Å². The largest absolute Gasteiger partial charge is 0.492 e. The first kappa shape index (κ1) is 22.4. The molecule has 0 atom stereocenters. The van der Waals surface area contributed by atoms with Crippen molar-refractivity contribution < 1.29 is 24.2 Å². The molecule has 2 heterocycles. The van der Waals surface area contributed by atoms with Crippen LogP contribution in [-0.2, 0) is 0 Å². The van der Waals surface area contributed by atoms with Crippen LogP contribution < -0.4 is 19.5 Å². The Labute approximate surface area is 192 Å². The fraction of sp³-hybridized carbons (Fsp3) is 0.417. The maximum absolute atomic E-state index is 12.9. The summed E-state index contributed by atoms with van der Waals surface area (Å²) in [4.78, 5) is 12.9. The maximum Gasteiger partial charge on any atom is 0.417 e. The van der Waals surface area contributed by atoms with Crippen molar-refractivity contribution in [3.8, 4) is 17.7 Å². The van der Waals surface area contributed by atoms with Gasteiger partial charge in [-0.2, -0.15) is 10.4 Å². The second kappa shape index (κ2) is 9.77. The molecule has 1 aliphatic rings. The van der Waals surface area contributed by atoms with E-state index in [-0.39, 0.29) is 11.6 Å². The number of fused-ring (bicyclic) bond motifs is 1. The molecule has 33 heavy (non-hydrogen) atoms. The molecular formula is C24H28N5O4+. The molecule has 2 aromatic heterocycles. The minimum Gasteiger partial charge on any atom is -0.492 e. The van der Waals surface area contributed by atoms with Crippen LogP contribution in [0.5, 0.6) is 11.6 Å². The van der Waals surface area contributed by atoms with Gasteiger partial charge in [-0.15, -0.1) is 0 Å². The van der Waals surface area contributed by atoms with Crippen LogP contribution >= 0.6 is 0 Å². The zero-order chi connectivity index (χ0) is 23.4. The number of aromatic nitrogens is 3. The normalized spacial score (nSPS) is 18.0. The van der Waals surface area contributed by atoms with Crippen LogP contribution in [0.3, 0.4) is 0 Å². The average molecular weight is 451 g/mol. The van der Waals surface area contributed by atoms with Crippen LogP contribution in [0.1, 0.15) is 55.6 Å². The predicted octanol–water partition coefficient (Wildman–Crippen LogP) is 3.87. The molecule has 172 valence electrons. The van der Waals surface area contributed by atoms with Crippen molar-refractivity contribution in [3.63, 3.8) is 0 Å². The monoisotopic (exact) mass is 450 g/mol. The fourth-order valence-electron chi connectivity index (χ4n) is 4.37. The predicted molar refractivity (Wildman–Crippen MR) is 120 cm³/mol. The van der Waals surface area contributed by atoms with Gasteiger partial charge < -0.3 is 14.8 Å². The smallest absolute Gasteiger partial charge is 0.417 e. The van der Waals surface area contributed by atoms with E-state index in [1.165, 1.54) is 13.2 Å². The minimum atomic E-state index is -0.500. The third-order valence-corrected chi connectivity index (χ3v) is 6.11. The molecule has 1 saturated carbocycles. The van der Waals surface area contributed by atoms with E-state index in [0.717, 1.165) is 36.6 Å². The molecule has 0 saturated heterocycles. The Hall–Kier alpha value is -3.80. The molecule has 1 aromatic carbocycles. The molecule has 3 aromatic rings. The molecule has 1 amide bonds. The summed E-state index contributed by atoms with van der Waals surface area (Å²) in [6.07, 6.45) is 6.66. The van der Waals surface area contributed by atoms with E-state index in [1.807, 2.05) is 29.9 Å². The number of hydrogen-bond donors (Lipinski definition) is 2. The van der Waals surface area contributed by atoms with Crippen LogP contribution in [0.2, 0.25) is 0 Å². The molecule has 9 heteroatoms. The van der Waals surface area contributed by atoms with Crippen molar-refractivity contribution in [2.24, 2.45) is 5.92 Å². The summed E-state index contributed by atoms with van der Waals surface area (Å²) in [5.41, 5.74) is 1.31. The molecule has 9 nitrogen and oxygen atoms in total. The Kier molecular flexibility index (Phi) is 6.63. The highest BCUT2D eigenvalue weighted by atomic mass is 16.5. The Morgan fingerprint density at radius 3 is 2.82 bits per heavy atom. The second-order valence-electron chi connectivity index (χ2n) is 8.21. The molecule has 0 spiro atoms. The lowest BCUT2D eigenvalue weighted by Crippen LogP contribution is -2.40. The fourth-order valence-corrected chi connectivity index (χ4v) is 4.37. The van der Waals surface area contributed by atoms with Gasteiger partial charge in [0, 0.05) is 30.1 Å². The number of pyridine rings is 1. The number of nitriles is 1. The first-order valence-electron chi connectivity index (χ1n) is 11.2. The quantitative estimate of drug-likeness (QED) is 0.417. The molecule has 0 bridgehead atoms. The van der Waals surface area contributed by atoms with Crippen LogP contribution in [0.25, 0.3) is 10.9 Å². The standard InChI is InChI=1S/C24H27N5O4/c1-3-33-22-14-19-17(15-28(27-19)18-9-7-16(8-10-18)11-12-25)13-20(22)26-24(30)21-5-4-6-23(32-2)29(21)31/h4-6,13-16,18H,3,7-11H2,1-2H3,(H-,26,30,31)/p+1. The van der Waals surface area contributed by atoms with E-state index in [0.29, 0.717) is 41.2 Å². The number of carbonyl (C=O) groups is 1. The topological polar surface area (TPSA) is 113 Å². The lowest BCUT2D eigenvalue weighted by Gasteiger charge is -2.27. The second-order valence-corrected chi connectivity index (χ2v) is 8.21. The summed E-state index contributed by atoms with van der Waals surface area (Å²) in [5.74, 6) is 0.635. The number of nitrogens with zero attached hydrogens (tertiary/aromatic N) is 4. The van der Waals surface area contributed by atoms with Gasteiger partial charge in [0.15, 0.2) is 0 Å². The van der Waals surface area contributed by atoms with Crippen molar-refractivity contribution in [3.05, 3.63) is 42.2 Å². The molecule has 0 unspecified atom stereocenters. The molecule has 2 N–H and O–H groups in total. The van der Waals surface area contributed by atoms with Crippen molar-refractivity contribution in [2.45, 2.75) is 45.1 Å². The highest BCUT2D eigenvalue weighted by molar-refractivity contribution is 6.04.